The Hall–Kier alpha value is -1.18. The molecule has 2 aromatic rings. The van der Waals surface area contributed by atoms with Crippen molar-refractivity contribution in [2.45, 2.75) is 19.8 Å². The zero-order valence-corrected chi connectivity index (χ0v) is 11.8. The van der Waals surface area contributed by atoms with E-state index in [1.807, 2.05) is 36.4 Å². The van der Waals surface area contributed by atoms with Crippen LogP contribution in [0, 0.1) is 0 Å². The van der Waals surface area contributed by atoms with Gasteiger partial charge in [-0.15, -0.1) is 0 Å². The highest BCUT2D eigenvalue weighted by atomic mass is 35.5. The molecule has 0 bridgehead atoms. The van der Waals surface area contributed by atoms with E-state index in [4.69, 9.17) is 27.9 Å². The molecule has 94 valence electrons. The van der Waals surface area contributed by atoms with Gasteiger partial charge in [-0.05, 0) is 41.8 Å². The average Bonchev–Trinajstić information content (AvgIpc) is 2.28. The lowest BCUT2D eigenvalue weighted by molar-refractivity contribution is 0.473. The van der Waals surface area contributed by atoms with Crippen LogP contribution in [-0.2, 0) is 0 Å². The maximum atomic E-state index is 6.01. The zero-order chi connectivity index (χ0) is 13.1. The van der Waals surface area contributed by atoms with Crippen LogP contribution in [0.15, 0.2) is 42.5 Å². The van der Waals surface area contributed by atoms with Gasteiger partial charge in [-0.2, -0.15) is 0 Å². The van der Waals surface area contributed by atoms with Crippen molar-refractivity contribution in [3.8, 4) is 11.5 Å². The molecule has 2 rings (SSSR count). The van der Waals surface area contributed by atoms with Gasteiger partial charge in [0, 0.05) is 10.0 Å². The third-order valence-corrected chi connectivity index (χ3v) is 3.09. The van der Waals surface area contributed by atoms with E-state index < -0.39 is 0 Å². The molecule has 0 aliphatic heterocycles. The number of hydrogen-bond acceptors (Lipinski definition) is 1. The van der Waals surface area contributed by atoms with Gasteiger partial charge < -0.3 is 4.74 Å². The van der Waals surface area contributed by atoms with E-state index in [-0.39, 0.29) is 0 Å². The second kappa shape index (κ2) is 5.64. The molecular weight excluding hydrogens is 267 g/mol. The molecule has 0 aliphatic rings. The highest BCUT2D eigenvalue weighted by molar-refractivity contribution is 6.31. The number of hydrogen-bond donors (Lipinski definition) is 0. The molecule has 0 aromatic heterocycles. The van der Waals surface area contributed by atoms with E-state index in [1.165, 1.54) is 0 Å². The standard InChI is InChI=1S/C15H14Cl2O/c1-10(2)14-7-6-12(17)9-15(14)18-13-5-3-4-11(16)8-13/h3-10H,1-2H3. The fourth-order valence-corrected chi connectivity index (χ4v) is 2.07. The summed E-state index contributed by atoms with van der Waals surface area (Å²) < 4.78 is 5.86. The molecule has 0 aliphatic carbocycles. The van der Waals surface area contributed by atoms with Gasteiger partial charge in [0.25, 0.3) is 0 Å². The molecule has 0 amide bonds. The first-order valence-corrected chi connectivity index (χ1v) is 6.54. The van der Waals surface area contributed by atoms with Crippen molar-refractivity contribution < 1.29 is 4.74 Å². The van der Waals surface area contributed by atoms with Crippen LogP contribution in [0.4, 0.5) is 0 Å². The first-order valence-electron chi connectivity index (χ1n) is 5.79. The normalized spacial score (nSPS) is 10.7. The molecular formula is C15H14Cl2O. The van der Waals surface area contributed by atoms with Gasteiger partial charge in [0.2, 0.25) is 0 Å². The van der Waals surface area contributed by atoms with Crippen molar-refractivity contribution in [3.63, 3.8) is 0 Å². The Labute approximate surface area is 117 Å². The fourth-order valence-electron chi connectivity index (χ4n) is 1.73. The van der Waals surface area contributed by atoms with Crippen LogP contribution < -0.4 is 4.74 Å². The highest BCUT2D eigenvalue weighted by Gasteiger charge is 2.09. The number of benzene rings is 2. The smallest absolute Gasteiger partial charge is 0.132 e. The molecule has 2 aromatic carbocycles. The van der Waals surface area contributed by atoms with Gasteiger partial charge in [0.15, 0.2) is 0 Å². The van der Waals surface area contributed by atoms with E-state index in [2.05, 4.69) is 13.8 Å². The largest absolute Gasteiger partial charge is 0.457 e. The molecule has 1 nitrogen and oxygen atoms in total. The van der Waals surface area contributed by atoms with Crippen molar-refractivity contribution in [3.05, 3.63) is 58.1 Å². The van der Waals surface area contributed by atoms with E-state index in [1.54, 1.807) is 6.07 Å². The minimum absolute atomic E-state index is 0.372. The quantitative estimate of drug-likeness (QED) is 0.679. The Morgan fingerprint density at radius 1 is 0.944 bits per heavy atom. The highest BCUT2D eigenvalue weighted by Crippen LogP contribution is 2.33. The maximum Gasteiger partial charge on any atom is 0.132 e. The van der Waals surface area contributed by atoms with Crippen molar-refractivity contribution in [1.29, 1.82) is 0 Å². The predicted molar refractivity (Wildman–Crippen MR) is 77.1 cm³/mol. The Kier molecular flexibility index (Phi) is 4.15. The van der Waals surface area contributed by atoms with Crippen molar-refractivity contribution in [2.24, 2.45) is 0 Å². The first kappa shape index (κ1) is 13.3. The number of ether oxygens (including phenoxy) is 1. The lowest BCUT2D eigenvalue weighted by atomic mass is 10.0. The van der Waals surface area contributed by atoms with Gasteiger partial charge in [-0.3, -0.25) is 0 Å². The molecule has 0 fully saturated rings. The first-order chi connectivity index (χ1) is 8.56. The summed E-state index contributed by atoms with van der Waals surface area (Å²) in [4.78, 5) is 0. The lowest BCUT2D eigenvalue weighted by Crippen LogP contribution is -1.93. The third-order valence-electron chi connectivity index (χ3n) is 2.62. The minimum atomic E-state index is 0.372. The van der Waals surface area contributed by atoms with E-state index in [9.17, 15) is 0 Å². The molecule has 0 unspecified atom stereocenters. The third kappa shape index (κ3) is 3.18. The zero-order valence-electron chi connectivity index (χ0n) is 10.3. The molecule has 0 saturated carbocycles. The summed E-state index contributed by atoms with van der Waals surface area (Å²) in [5.41, 5.74) is 1.12. The second-order valence-electron chi connectivity index (χ2n) is 4.40. The summed E-state index contributed by atoms with van der Waals surface area (Å²) in [6.45, 7) is 4.24. The second-order valence-corrected chi connectivity index (χ2v) is 5.27. The summed E-state index contributed by atoms with van der Waals surface area (Å²) in [6.07, 6.45) is 0. The summed E-state index contributed by atoms with van der Waals surface area (Å²) in [7, 11) is 0. The van der Waals surface area contributed by atoms with Crippen LogP contribution in [0.5, 0.6) is 11.5 Å². The monoisotopic (exact) mass is 280 g/mol. The van der Waals surface area contributed by atoms with Gasteiger partial charge >= 0.3 is 0 Å². The van der Waals surface area contributed by atoms with Crippen LogP contribution in [0.3, 0.4) is 0 Å². The summed E-state index contributed by atoms with van der Waals surface area (Å²) in [6, 6.07) is 13.0. The van der Waals surface area contributed by atoms with Gasteiger partial charge in [0.1, 0.15) is 11.5 Å². The molecule has 0 radical (unpaired) electrons. The maximum absolute atomic E-state index is 6.01. The Bertz CT molecular complexity index is 550. The predicted octanol–water partition coefficient (Wildman–Crippen LogP) is 5.91. The van der Waals surface area contributed by atoms with Crippen LogP contribution in [0.1, 0.15) is 25.3 Å². The van der Waals surface area contributed by atoms with Crippen LogP contribution >= 0.6 is 23.2 Å². The number of halogens is 2. The average molecular weight is 281 g/mol. The van der Waals surface area contributed by atoms with Crippen LogP contribution in [0.2, 0.25) is 10.0 Å². The van der Waals surface area contributed by atoms with Crippen molar-refractivity contribution >= 4 is 23.2 Å². The van der Waals surface area contributed by atoms with E-state index >= 15 is 0 Å². The topological polar surface area (TPSA) is 9.23 Å². The van der Waals surface area contributed by atoms with E-state index in [0.717, 1.165) is 11.3 Å². The van der Waals surface area contributed by atoms with Crippen LogP contribution in [-0.4, -0.2) is 0 Å². The van der Waals surface area contributed by atoms with Gasteiger partial charge in [0.05, 0.1) is 0 Å². The molecule has 0 heterocycles. The summed E-state index contributed by atoms with van der Waals surface area (Å²) >= 11 is 12.0. The van der Waals surface area contributed by atoms with Crippen molar-refractivity contribution in [2.75, 3.05) is 0 Å². The Balaban J connectivity index is 2.36. The SMILES string of the molecule is CC(C)c1ccc(Cl)cc1Oc1cccc(Cl)c1. The Morgan fingerprint density at radius 2 is 1.67 bits per heavy atom. The molecule has 0 N–H and O–H groups in total. The molecule has 0 spiro atoms. The minimum Gasteiger partial charge on any atom is -0.457 e. The van der Waals surface area contributed by atoms with Gasteiger partial charge in [-0.25, -0.2) is 0 Å². The van der Waals surface area contributed by atoms with Crippen LogP contribution in [0.25, 0.3) is 0 Å². The lowest BCUT2D eigenvalue weighted by Gasteiger charge is -2.14. The van der Waals surface area contributed by atoms with E-state index in [0.29, 0.717) is 21.7 Å². The Morgan fingerprint density at radius 3 is 2.33 bits per heavy atom. The van der Waals surface area contributed by atoms with Crippen molar-refractivity contribution in [1.82, 2.24) is 0 Å². The molecule has 0 atom stereocenters. The molecule has 3 heteroatoms. The molecule has 18 heavy (non-hydrogen) atoms. The number of rotatable bonds is 3. The fraction of sp³-hybridized carbons (Fsp3) is 0.200. The summed E-state index contributed by atoms with van der Waals surface area (Å²) in [5.74, 6) is 1.86. The summed E-state index contributed by atoms with van der Waals surface area (Å²) in [5, 5.41) is 1.32. The van der Waals surface area contributed by atoms with Gasteiger partial charge in [-0.1, -0.05) is 49.2 Å². The molecule has 0 saturated heterocycles.